The summed E-state index contributed by atoms with van der Waals surface area (Å²) in [4.78, 5) is 25.0. The molecule has 0 aliphatic rings. The van der Waals surface area contributed by atoms with E-state index >= 15 is 0 Å². The summed E-state index contributed by atoms with van der Waals surface area (Å²) in [5, 5.41) is 0. The van der Waals surface area contributed by atoms with Crippen LogP contribution in [0.2, 0.25) is 0 Å². The third-order valence-corrected chi connectivity index (χ3v) is 10.5. The average molecular weight is 785 g/mol. The second kappa shape index (κ2) is 36.8. The maximum atomic E-state index is 12.9. The van der Waals surface area contributed by atoms with E-state index in [1.807, 2.05) is 12.2 Å². The van der Waals surface area contributed by atoms with Crippen molar-refractivity contribution in [3.63, 3.8) is 0 Å². The fraction of sp³-hybridized carbons (Fsp3) is 0.727. The monoisotopic (exact) mass is 784 g/mol. The molecule has 0 amide bonds. The fourth-order valence-corrected chi connectivity index (χ4v) is 7.14. The van der Waals surface area contributed by atoms with E-state index in [4.69, 9.17) is 9.47 Å². The van der Waals surface area contributed by atoms with Crippen LogP contribution in [0.5, 0.6) is 0 Å². The number of unbranched alkanes of at least 4 members (excludes halogenated alkanes) is 26. The summed E-state index contributed by atoms with van der Waals surface area (Å²) in [7, 11) is -5.04. The van der Waals surface area contributed by atoms with E-state index in [0.717, 1.165) is 44.6 Å². The van der Waals surface area contributed by atoms with Gasteiger partial charge in [-0.1, -0.05) is 198 Å². The molecule has 1 aromatic carbocycles. The SMILES string of the molecule is CCCCCCCCCCCCCCC/C=C/COC(=O)c1cccc(S(=O)(=O)[O-])c1C(=O)OC/C=C/CCCCCCCCCCCCCCC.[K+]. The zero-order chi connectivity index (χ0) is 38.0. The van der Waals surface area contributed by atoms with E-state index < -0.39 is 32.5 Å². The van der Waals surface area contributed by atoms with Gasteiger partial charge in [0.25, 0.3) is 0 Å². The van der Waals surface area contributed by atoms with Gasteiger partial charge in [0.15, 0.2) is 0 Å². The molecule has 0 N–H and O–H groups in total. The van der Waals surface area contributed by atoms with Crippen molar-refractivity contribution in [1.29, 1.82) is 0 Å². The summed E-state index contributed by atoms with van der Waals surface area (Å²) < 4.78 is 46.4. The molecule has 0 aliphatic carbocycles. The van der Waals surface area contributed by atoms with Crippen molar-refractivity contribution in [2.45, 2.75) is 199 Å². The van der Waals surface area contributed by atoms with Gasteiger partial charge in [-0.05, 0) is 37.8 Å². The number of hydrogen-bond donors (Lipinski definition) is 0. The minimum absolute atomic E-state index is 0. The molecule has 0 heterocycles. The molecule has 1 rings (SSSR count). The summed E-state index contributed by atoms with van der Waals surface area (Å²) in [6, 6.07) is 3.53. The first-order valence-electron chi connectivity index (χ1n) is 21.1. The van der Waals surface area contributed by atoms with E-state index in [-0.39, 0.29) is 70.2 Å². The van der Waals surface area contributed by atoms with Crippen molar-refractivity contribution < 1.29 is 83.4 Å². The molecular weight excluding hydrogens is 712 g/mol. The molecule has 298 valence electrons. The van der Waals surface area contributed by atoms with Crippen LogP contribution in [0.15, 0.2) is 47.4 Å². The predicted molar refractivity (Wildman–Crippen MR) is 214 cm³/mol. The number of rotatable bonds is 35. The zero-order valence-corrected chi connectivity index (χ0v) is 38.0. The van der Waals surface area contributed by atoms with Gasteiger partial charge in [-0.15, -0.1) is 0 Å². The van der Waals surface area contributed by atoms with Gasteiger partial charge in [-0.25, -0.2) is 18.0 Å². The normalized spacial score (nSPS) is 11.7. The van der Waals surface area contributed by atoms with E-state index in [1.165, 1.54) is 153 Å². The molecular formula is C44H73KO7S. The molecule has 0 aromatic heterocycles. The van der Waals surface area contributed by atoms with Gasteiger partial charge < -0.3 is 14.0 Å². The number of ether oxygens (including phenoxy) is 2. The molecule has 0 radical (unpaired) electrons. The molecule has 0 bridgehead atoms. The first-order valence-corrected chi connectivity index (χ1v) is 22.5. The van der Waals surface area contributed by atoms with Crippen LogP contribution in [0.1, 0.15) is 214 Å². The van der Waals surface area contributed by atoms with E-state index in [9.17, 15) is 22.6 Å². The Labute approximate surface area is 367 Å². The third kappa shape index (κ3) is 29.1. The minimum atomic E-state index is -5.04. The minimum Gasteiger partial charge on any atom is -0.744 e. The largest absolute Gasteiger partial charge is 1.00 e. The van der Waals surface area contributed by atoms with Crippen LogP contribution in [0, 0.1) is 0 Å². The molecule has 0 unspecified atom stereocenters. The van der Waals surface area contributed by atoms with Crippen LogP contribution in [0.4, 0.5) is 0 Å². The molecule has 0 aliphatic heterocycles. The van der Waals surface area contributed by atoms with Gasteiger partial charge in [0.1, 0.15) is 23.3 Å². The summed E-state index contributed by atoms with van der Waals surface area (Å²) in [6.07, 6.45) is 42.8. The number of carbonyl (C=O) groups is 2. The van der Waals surface area contributed by atoms with Gasteiger partial charge in [-0.2, -0.15) is 0 Å². The van der Waals surface area contributed by atoms with Crippen LogP contribution in [0.3, 0.4) is 0 Å². The maximum absolute atomic E-state index is 12.9. The second-order valence-electron chi connectivity index (χ2n) is 14.3. The van der Waals surface area contributed by atoms with Gasteiger partial charge in [0, 0.05) is 0 Å². The van der Waals surface area contributed by atoms with Gasteiger partial charge in [-0.3, -0.25) is 0 Å². The summed E-state index contributed by atoms with van der Waals surface area (Å²) >= 11 is 0. The zero-order valence-electron chi connectivity index (χ0n) is 34.0. The molecule has 0 saturated heterocycles. The van der Waals surface area contributed by atoms with Gasteiger partial charge in [0.05, 0.1) is 16.0 Å². The van der Waals surface area contributed by atoms with Crippen molar-refractivity contribution in [3.8, 4) is 0 Å². The second-order valence-corrected chi connectivity index (χ2v) is 15.7. The Kier molecular flexibility index (Phi) is 36.2. The Hall–Kier alpha value is -0.814. The third-order valence-electron chi connectivity index (χ3n) is 9.62. The molecule has 0 spiro atoms. The number of benzene rings is 1. The summed E-state index contributed by atoms with van der Waals surface area (Å²) in [5.41, 5.74) is -0.883. The summed E-state index contributed by atoms with van der Waals surface area (Å²) in [5.74, 6) is -1.94. The topological polar surface area (TPSA) is 110 Å². The van der Waals surface area contributed by atoms with E-state index in [0.29, 0.717) is 0 Å². The molecule has 7 nitrogen and oxygen atoms in total. The Morgan fingerprint density at radius 1 is 0.528 bits per heavy atom. The number of hydrogen-bond acceptors (Lipinski definition) is 7. The van der Waals surface area contributed by atoms with Crippen molar-refractivity contribution in [3.05, 3.63) is 53.6 Å². The van der Waals surface area contributed by atoms with Crippen molar-refractivity contribution in [2.75, 3.05) is 13.2 Å². The van der Waals surface area contributed by atoms with Crippen LogP contribution >= 0.6 is 0 Å². The molecule has 0 atom stereocenters. The Balaban J connectivity index is 0.0000270. The van der Waals surface area contributed by atoms with E-state index in [2.05, 4.69) is 13.8 Å². The number of allylic oxidation sites excluding steroid dienone is 2. The van der Waals surface area contributed by atoms with Gasteiger partial charge in [0.2, 0.25) is 0 Å². The predicted octanol–water partition coefficient (Wildman–Crippen LogP) is 9.98. The smallest absolute Gasteiger partial charge is 0.744 e. The number of carbonyl (C=O) groups excluding carboxylic acids is 2. The van der Waals surface area contributed by atoms with Crippen LogP contribution in [0.25, 0.3) is 0 Å². The Morgan fingerprint density at radius 3 is 1.23 bits per heavy atom. The van der Waals surface area contributed by atoms with Crippen LogP contribution in [-0.4, -0.2) is 38.1 Å². The average Bonchev–Trinajstić information content (AvgIpc) is 3.13. The fourth-order valence-electron chi connectivity index (χ4n) is 6.45. The molecule has 0 fully saturated rings. The van der Waals surface area contributed by atoms with E-state index in [1.54, 1.807) is 12.2 Å². The number of esters is 2. The van der Waals surface area contributed by atoms with Crippen molar-refractivity contribution >= 4 is 22.1 Å². The maximum Gasteiger partial charge on any atom is 1.00 e. The summed E-state index contributed by atoms with van der Waals surface area (Å²) in [6.45, 7) is 4.38. The Morgan fingerprint density at radius 2 is 0.868 bits per heavy atom. The van der Waals surface area contributed by atoms with Gasteiger partial charge >= 0.3 is 63.3 Å². The van der Waals surface area contributed by atoms with Crippen molar-refractivity contribution in [2.24, 2.45) is 0 Å². The standard InChI is InChI=1S/C44H74O7S.K/c1-3-5-7-9-11-13-15-17-19-21-23-25-27-29-31-33-38-50-43(45)40-36-35-37-41(52(47,48)49)42(40)44(46)51-39-34-32-30-28-26-24-22-20-18-16-14-12-10-8-6-4-2;/h31-37H,3-30,38-39H2,1-2H3,(H,47,48,49);/q;+1/p-1/b33-31+,34-32+;. The molecule has 0 saturated carbocycles. The molecule has 53 heavy (non-hydrogen) atoms. The molecule has 1 aromatic rings. The van der Waals surface area contributed by atoms with Crippen LogP contribution < -0.4 is 51.4 Å². The quantitative estimate of drug-likeness (QED) is 0.0222. The first-order chi connectivity index (χ1) is 25.3. The Bertz CT molecular complexity index is 1210. The van der Waals surface area contributed by atoms with Crippen molar-refractivity contribution in [1.82, 2.24) is 0 Å². The first kappa shape index (κ1) is 52.2. The molecule has 9 heteroatoms. The van der Waals surface area contributed by atoms with Crippen LogP contribution in [-0.2, 0) is 19.6 Å².